The van der Waals surface area contributed by atoms with Gasteiger partial charge in [0.1, 0.15) is 17.8 Å². The van der Waals surface area contributed by atoms with E-state index in [0.29, 0.717) is 18.9 Å². The predicted molar refractivity (Wildman–Crippen MR) is 129 cm³/mol. The first-order valence-electron chi connectivity index (χ1n) is 10.5. The van der Waals surface area contributed by atoms with Gasteiger partial charge in [0.05, 0.1) is 11.3 Å². The van der Waals surface area contributed by atoms with Crippen molar-refractivity contribution in [3.05, 3.63) is 40.6 Å². The molecule has 1 aromatic rings. The number of hydrogen-bond acceptors (Lipinski definition) is 6. The standard InChI is InChI=1S/C23H33N7O2/c1-14-7-9-17(27-3)12-16(14)8-10-19(24)20(21(25)26)22(28-4)29-18-6-5-11-30(13-18)23(32)15(2)31/h7,9,12,15,18,27,31H,5-6,11,13,24H2,1-4H3,(H3,25,26)(H,28,29)/b20-19-. The second-order valence-corrected chi connectivity index (χ2v) is 7.75. The highest BCUT2D eigenvalue weighted by atomic mass is 16.3. The number of allylic oxidation sites excluding steroid dienone is 1. The summed E-state index contributed by atoms with van der Waals surface area (Å²) in [5, 5.41) is 24.0. The summed E-state index contributed by atoms with van der Waals surface area (Å²) >= 11 is 0. The summed E-state index contributed by atoms with van der Waals surface area (Å²) in [5.74, 6) is 5.75. The molecule has 0 radical (unpaired) electrons. The minimum Gasteiger partial charge on any atom is -0.391 e. The highest BCUT2D eigenvalue weighted by molar-refractivity contribution is 6.22. The smallest absolute Gasteiger partial charge is 0.251 e. The maximum absolute atomic E-state index is 12.2. The van der Waals surface area contributed by atoms with E-state index in [9.17, 15) is 9.90 Å². The number of aryl methyl sites for hydroxylation is 1. The number of aliphatic imine (C=N–C) groups is 1. The second-order valence-electron chi connectivity index (χ2n) is 7.75. The summed E-state index contributed by atoms with van der Waals surface area (Å²) < 4.78 is 0. The number of amides is 1. The lowest BCUT2D eigenvalue weighted by Gasteiger charge is -2.34. The molecule has 2 atom stereocenters. The number of piperidine rings is 1. The molecule has 1 fully saturated rings. The van der Waals surface area contributed by atoms with Crippen molar-refractivity contribution in [1.82, 2.24) is 10.2 Å². The molecule has 0 aliphatic carbocycles. The highest BCUT2D eigenvalue weighted by Crippen LogP contribution is 2.15. The summed E-state index contributed by atoms with van der Waals surface area (Å²) in [7, 11) is 3.41. The molecule has 2 unspecified atom stereocenters. The Morgan fingerprint density at radius 1 is 1.41 bits per heavy atom. The molecule has 1 heterocycles. The van der Waals surface area contributed by atoms with E-state index >= 15 is 0 Å². The van der Waals surface area contributed by atoms with Crippen molar-refractivity contribution in [2.45, 2.75) is 38.8 Å². The van der Waals surface area contributed by atoms with Crippen molar-refractivity contribution < 1.29 is 9.90 Å². The fourth-order valence-electron chi connectivity index (χ4n) is 3.51. The Hall–Kier alpha value is -3.51. The lowest BCUT2D eigenvalue weighted by Crippen LogP contribution is -2.52. The topological polar surface area (TPSA) is 153 Å². The number of anilines is 1. The Kier molecular flexibility index (Phi) is 8.67. The number of nitrogens with one attached hydrogen (secondary N) is 3. The van der Waals surface area contributed by atoms with Crippen molar-refractivity contribution in [3.8, 4) is 11.8 Å². The molecule has 1 saturated heterocycles. The number of aliphatic hydroxyl groups is 1. The van der Waals surface area contributed by atoms with Gasteiger partial charge in [-0.2, -0.15) is 0 Å². The molecule has 0 bridgehead atoms. The van der Waals surface area contributed by atoms with E-state index in [1.165, 1.54) is 6.92 Å². The van der Waals surface area contributed by atoms with Crippen LogP contribution in [-0.4, -0.2) is 66.9 Å². The molecule has 0 aromatic heterocycles. The van der Waals surface area contributed by atoms with Crippen molar-refractivity contribution in [2.75, 3.05) is 32.5 Å². The van der Waals surface area contributed by atoms with Gasteiger partial charge in [0.2, 0.25) is 0 Å². The number of benzene rings is 1. The van der Waals surface area contributed by atoms with E-state index < -0.39 is 6.10 Å². The fourth-order valence-corrected chi connectivity index (χ4v) is 3.51. The molecule has 9 nitrogen and oxygen atoms in total. The Balaban J connectivity index is 2.29. The van der Waals surface area contributed by atoms with E-state index in [4.69, 9.17) is 16.9 Å². The van der Waals surface area contributed by atoms with Crippen molar-refractivity contribution in [2.24, 2.45) is 16.5 Å². The maximum Gasteiger partial charge on any atom is 0.251 e. The highest BCUT2D eigenvalue weighted by Gasteiger charge is 2.27. The number of likely N-dealkylation sites (tertiary alicyclic amines) is 1. The predicted octanol–water partition coefficient (Wildman–Crippen LogP) is 0.527. The van der Waals surface area contributed by atoms with Crippen molar-refractivity contribution in [3.63, 3.8) is 0 Å². The number of rotatable bonds is 5. The molecule has 0 saturated carbocycles. The van der Waals surface area contributed by atoms with Gasteiger partial charge in [-0.15, -0.1) is 0 Å². The molecule has 1 aromatic carbocycles. The first kappa shape index (κ1) is 24.8. The SMILES string of the molecule is CN=C(NC1CCCN(C(=O)C(C)O)C1)/C(C(=N)N)=C(\N)C#Cc1cc(NC)ccc1C. The summed E-state index contributed by atoms with van der Waals surface area (Å²) in [4.78, 5) is 18.0. The van der Waals surface area contributed by atoms with E-state index in [0.717, 1.165) is 29.7 Å². The third-order valence-corrected chi connectivity index (χ3v) is 5.29. The number of carbonyl (C=O) groups excluding carboxylic acids is 1. The van der Waals surface area contributed by atoms with Gasteiger partial charge in [0, 0.05) is 44.5 Å². The molecule has 32 heavy (non-hydrogen) atoms. The number of amidine groups is 2. The van der Waals surface area contributed by atoms with E-state index in [1.54, 1.807) is 11.9 Å². The number of hydrogen-bond donors (Lipinski definition) is 6. The second kappa shape index (κ2) is 11.2. The lowest BCUT2D eigenvalue weighted by molar-refractivity contribution is -0.140. The van der Waals surface area contributed by atoms with Crippen LogP contribution in [0, 0.1) is 24.2 Å². The van der Waals surface area contributed by atoms with Crippen LogP contribution in [0.5, 0.6) is 0 Å². The van der Waals surface area contributed by atoms with Crippen molar-refractivity contribution in [1.29, 1.82) is 5.41 Å². The molecular formula is C23H33N7O2. The minimum atomic E-state index is -1.04. The largest absolute Gasteiger partial charge is 0.391 e. The Morgan fingerprint density at radius 3 is 2.72 bits per heavy atom. The van der Waals surface area contributed by atoms with Crippen LogP contribution in [0.25, 0.3) is 0 Å². The summed E-state index contributed by atoms with van der Waals surface area (Å²) in [6.45, 7) is 4.42. The maximum atomic E-state index is 12.2. The fraction of sp³-hybridized carbons (Fsp3) is 0.435. The van der Waals surface area contributed by atoms with Crippen LogP contribution in [0.15, 0.2) is 34.5 Å². The van der Waals surface area contributed by atoms with Crippen LogP contribution >= 0.6 is 0 Å². The van der Waals surface area contributed by atoms with Crippen LogP contribution in [0.2, 0.25) is 0 Å². The summed E-state index contributed by atoms with van der Waals surface area (Å²) in [6, 6.07) is 5.73. The summed E-state index contributed by atoms with van der Waals surface area (Å²) in [6.07, 6.45) is 0.536. The Bertz CT molecular complexity index is 986. The number of aliphatic hydroxyl groups excluding tert-OH is 1. The number of nitrogens with two attached hydrogens (primary N) is 2. The third kappa shape index (κ3) is 6.25. The zero-order valence-electron chi connectivity index (χ0n) is 19.1. The van der Waals surface area contributed by atoms with Crippen LogP contribution in [0.1, 0.15) is 30.9 Å². The zero-order valence-corrected chi connectivity index (χ0v) is 19.1. The number of nitrogens with zero attached hydrogens (tertiary/aromatic N) is 2. The number of carbonyl (C=O) groups is 1. The van der Waals surface area contributed by atoms with Gasteiger partial charge >= 0.3 is 0 Å². The van der Waals surface area contributed by atoms with Crippen LogP contribution < -0.4 is 22.1 Å². The van der Waals surface area contributed by atoms with Crippen LogP contribution in [-0.2, 0) is 4.79 Å². The Labute approximate surface area is 189 Å². The monoisotopic (exact) mass is 439 g/mol. The van der Waals surface area contributed by atoms with Gasteiger partial charge in [0.25, 0.3) is 5.91 Å². The van der Waals surface area contributed by atoms with Crippen LogP contribution in [0.3, 0.4) is 0 Å². The van der Waals surface area contributed by atoms with Crippen LogP contribution in [0.4, 0.5) is 5.69 Å². The molecule has 8 N–H and O–H groups in total. The van der Waals surface area contributed by atoms with Gasteiger partial charge in [-0.3, -0.25) is 15.2 Å². The van der Waals surface area contributed by atoms with Gasteiger partial charge in [0.15, 0.2) is 0 Å². The zero-order chi connectivity index (χ0) is 23.8. The molecule has 0 spiro atoms. The molecule has 172 valence electrons. The van der Waals surface area contributed by atoms with Gasteiger partial charge in [-0.05, 0) is 50.3 Å². The van der Waals surface area contributed by atoms with Gasteiger partial charge < -0.3 is 32.1 Å². The molecule has 1 amide bonds. The quantitative estimate of drug-likeness (QED) is 0.223. The molecule has 1 aliphatic rings. The van der Waals surface area contributed by atoms with Gasteiger partial charge in [-0.1, -0.05) is 12.0 Å². The minimum absolute atomic E-state index is 0.116. The average molecular weight is 440 g/mol. The molecule has 2 rings (SSSR count). The molecule has 1 aliphatic heterocycles. The molecular weight excluding hydrogens is 406 g/mol. The molecule has 9 heteroatoms. The van der Waals surface area contributed by atoms with Gasteiger partial charge in [-0.25, -0.2) is 0 Å². The lowest BCUT2D eigenvalue weighted by atomic mass is 10.0. The summed E-state index contributed by atoms with van der Waals surface area (Å²) in [5.41, 5.74) is 15.2. The Morgan fingerprint density at radius 2 is 2.12 bits per heavy atom. The first-order valence-corrected chi connectivity index (χ1v) is 10.5. The van der Waals surface area contributed by atoms with E-state index in [2.05, 4.69) is 27.5 Å². The van der Waals surface area contributed by atoms with E-state index in [-0.39, 0.29) is 29.1 Å². The average Bonchev–Trinajstić information content (AvgIpc) is 2.77. The first-order chi connectivity index (χ1) is 15.2. The normalized spacial score (nSPS) is 18.1. The van der Waals surface area contributed by atoms with Crippen molar-refractivity contribution >= 4 is 23.3 Å². The third-order valence-electron chi connectivity index (χ3n) is 5.29. The van der Waals surface area contributed by atoms with E-state index in [1.807, 2.05) is 32.2 Å².